The van der Waals surface area contributed by atoms with Crippen LogP contribution in [0.5, 0.6) is 0 Å². The van der Waals surface area contributed by atoms with Gasteiger partial charge in [0, 0.05) is 0 Å². The van der Waals surface area contributed by atoms with E-state index in [1.165, 1.54) is 0 Å². The number of hydrogen-bond donors (Lipinski definition) is 0. The van der Waals surface area contributed by atoms with Crippen LogP contribution in [0.1, 0.15) is 21.3 Å². The maximum Gasteiger partial charge on any atom is 1.00 e. The van der Waals surface area contributed by atoms with Gasteiger partial charge in [0.15, 0.2) is 0 Å². The summed E-state index contributed by atoms with van der Waals surface area (Å²) in [5.74, 6) is 0. The van der Waals surface area contributed by atoms with Crippen molar-refractivity contribution >= 4 is 21.8 Å². The zero-order valence-corrected chi connectivity index (χ0v) is 13.5. The Morgan fingerprint density at radius 2 is 0.524 bits per heavy atom. The summed E-state index contributed by atoms with van der Waals surface area (Å²) < 4.78 is 117. The standard InChI is InChI=1S/C4H8.CH4.3BF4.K/c1-3-4-2;;3*2-1(3,4)5;/h3-4H,1-2H3;1H4;;;;/q;;3*-1;+1/b4-3+;;;;;. The van der Waals surface area contributed by atoms with Crippen LogP contribution >= 0.6 is 0 Å². The number of rotatable bonds is 0. The van der Waals surface area contributed by atoms with E-state index < -0.39 is 21.8 Å². The summed E-state index contributed by atoms with van der Waals surface area (Å²) >= 11 is 0. The maximum atomic E-state index is 9.75. The van der Waals surface area contributed by atoms with Crippen molar-refractivity contribution in [2.75, 3.05) is 0 Å². The molecular formula is C5H12B3F12K-2. The van der Waals surface area contributed by atoms with Gasteiger partial charge < -0.3 is 51.8 Å². The van der Waals surface area contributed by atoms with E-state index in [-0.39, 0.29) is 58.8 Å². The van der Waals surface area contributed by atoms with Crippen LogP contribution in [0.25, 0.3) is 0 Å². The molecule has 0 aromatic carbocycles. The van der Waals surface area contributed by atoms with E-state index in [4.69, 9.17) is 0 Å². The van der Waals surface area contributed by atoms with Gasteiger partial charge in [0.2, 0.25) is 0 Å². The summed E-state index contributed by atoms with van der Waals surface area (Å²) in [5, 5.41) is 0. The second kappa shape index (κ2) is 18.8. The molecule has 0 rings (SSSR count). The van der Waals surface area contributed by atoms with Gasteiger partial charge in [-0.15, -0.1) is 0 Å². The van der Waals surface area contributed by atoms with Crippen LogP contribution in [-0.2, 0) is 0 Å². The van der Waals surface area contributed by atoms with Crippen molar-refractivity contribution in [3.8, 4) is 0 Å². The maximum absolute atomic E-state index is 9.75. The molecule has 0 unspecified atom stereocenters. The third-order valence-corrected chi connectivity index (χ3v) is 0.333. The van der Waals surface area contributed by atoms with Gasteiger partial charge in [-0.25, -0.2) is 0 Å². The molecule has 21 heavy (non-hydrogen) atoms. The molecule has 0 aliphatic rings. The first-order chi connectivity index (χ1) is 7.91. The molecule has 0 saturated heterocycles. The summed E-state index contributed by atoms with van der Waals surface area (Å²) in [4.78, 5) is 0. The fourth-order valence-electron chi connectivity index (χ4n) is 0. The molecule has 0 nitrogen and oxygen atoms in total. The van der Waals surface area contributed by atoms with E-state index in [1.54, 1.807) is 0 Å². The Morgan fingerprint density at radius 1 is 0.476 bits per heavy atom. The van der Waals surface area contributed by atoms with E-state index in [2.05, 4.69) is 0 Å². The van der Waals surface area contributed by atoms with Crippen molar-refractivity contribution in [1.82, 2.24) is 0 Å². The fourth-order valence-corrected chi connectivity index (χ4v) is 0. The van der Waals surface area contributed by atoms with Crippen molar-refractivity contribution in [3.05, 3.63) is 12.2 Å². The molecule has 0 amide bonds. The van der Waals surface area contributed by atoms with Crippen LogP contribution < -0.4 is 51.4 Å². The van der Waals surface area contributed by atoms with Crippen LogP contribution in [0.4, 0.5) is 51.8 Å². The van der Waals surface area contributed by atoms with Crippen molar-refractivity contribution in [1.29, 1.82) is 0 Å². The van der Waals surface area contributed by atoms with E-state index in [9.17, 15) is 51.8 Å². The number of hydrogen-bond acceptors (Lipinski definition) is 0. The molecule has 0 aromatic heterocycles. The van der Waals surface area contributed by atoms with Crippen LogP contribution in [0.3, 0.4) is 0 Å². The molecule has 0 N–H and O–H groups in total. The van der Waals surface area contributed by atoms with Crippen molar-refractivity contribution < 1.29 is 103 Å². The van der Waals surface area contributed by atoms with E-state index in [0.717, 1.165) is 0 Å². The van der Waals surface area contributed by atoms with Gasteiger partial charge in [-0.05, 0) is 13.8 Å². The quantitative estimate of drug-likeness (QED) is 0.349. The van der Waals surface area contributed by atoms with E-state index in [1.807, 2.05) is 26.0 Å². The average Bonchev–Trinajstić information content (AvgIpc) is 1.93. The molecule has 0 saturated carbocycles. The third kappa shape index (κ3) is 2430. The monoisotopic (exact) mass is 372 g/mol. The number of halogens is 12. The van der Waals surface area contributed by atoms with Crippen LogP contribution in [0.2, 0.25) is 0 Å². The molecular weight excluding hydrogens is 360 g/mol. The molecule has 128 valence electrons. The molecule has 0 heterocycles. The molecule has 0 radical (unpaired) electrons. The summed E-state index contributed by atoms with van der Waals surface area (Å²) in [7, 11) is -18.0. The van der Waals surface area contributed by atoms with Crippen LogP contribution in [-0.4, -0.2) is 21.8 Å². The predicted octanol–water partition coefficient (Wildman–Crippen LogP) is 3.12. The molecule has 16 heteroatoms. The van der Waals surface area contributed by atoms with Crippen molar-refractivity contribution in [2.45, 2.75) is 21.3 Å². The Hall–Kier alpha value is 0.731. The largest absolute Gasteiger partial charge is 1.00 e. The number of allylic oxidation sites excluding steroid dienone is 2. The Bertz CT molecular complexity index is 158. The van der Waals surface area contributed by atoms with E-state index >= 15 is 0 Å². The summed E-state index contributed by atoms with van der Waals surface area (Å²) in [5.41, 5.74) is 0. The third-order valence-electron chi connectivity index (χ3n) is 0.333. The molecule has 0 aliphatic carbocycles. The first kappa shape index (κ1) is 37.7. The minimum atomic E-state index is -6.00. The predicted molar refractivity (Wildman–Crippen MR) is 57.8 cm³/mol. The van der Waals surface area contributed by atoms with Crippen molar-refractivity contribution in [3.63, 3.8) is 0 Å². The topological polar surface area (TPSA) is 0 Å². The second-order valence-electron chi connectivity index (χ2n) is 2.15. The van der Waals surface area contributed by atoms with Crippen LogP contribution in [0, 0.1) is 0 Å². The van der Waals surface area contributed by atoms with Crippen LogP contribution in [0.15, 0.2) is 12.2 Å². The van der Waals surface area contributed by atoms with Gasteiger partial charge in [0.1, 0.15) is 0 Å². The summed E-state index contributed by atoms with van der Waals surface area (Å²) in [6.07, 6.45) is 4.00. The Balaban J connectivity index is -0.0000000347. The zero-order valence-electron chi connectivity index (χ0n) is 10.4. The fraction of sp³-hybridized carbons (Fsp3) is 0.600. The molecule has 0 atom stereocenters. The first-order valence-corrected chi connectivity index (χ1v) is 4.11. The second-order valence-corrected chi connectivity index (χ2v) is 2.15. The van der Waals surface area contributed by atoms with Gasteiger partial charge in [-0.1, -0.05) is 19.6 Å². The van der Waals surface area contributed by atoms with Gasteiger partial charge in [0.05, 0.1) is 0 Å². The Morgan fingerprint density at radius 3 is 0.524 bits per heavy atom. The molecule has 0 aromatic rings. The smallest absolute Gasteiger partial charge is 0.418 e. The summed E-state index contributed by atoms with van der Waals surface area (Å²) in [6, 6.07) is 0. The van der Waals surface area contributed by atoms with Gasteiger partial charge in [-0.2, -0.15) is 0 Å². The minimum Gasteiger partial charge on any atom is -0.418 e. The van der Waals surface area contributed by atoms with Crippen molar-refractivity contribution in [2.24, 2.45) is 0 Å². The zero-order chi connectivity index (χ0) is 16.9. The average molecular weight is 372 g/mol. The molecule has 0 bridgehead atoms. The molecule has 0 fully saturated rings. The Kier molecular flexibility index (Phi) is 33.7. The van der Waals surface area contributed by atoms with E-state index in [0.29, 0.717) is 0 Å². The first-order valence-electron chi connectivity index (χ1n) is 4.11. The SMILES string of the molecule is C.C/C=C/C.F[B-](F)(F)F.F[B-](F)(F)F.F[B-](F)(F)F.[K+]. The Labute approximate surface area is 157 Å². The molecule has 0 aliphatic heterocycles. The minimum absolute atomic E-state index is 0. The molecule has 0 spiro atoms. The summed E-state index contributed by atoms with van der Waals surface area (Å²) in [6.45, 7) is 4.00. The normalized spacial score (nSPS) is 10.4. The van der Waals surface area contributed by atoms with Gasteiger partial charge in [0.25, 0.3) is 0 Å². The van der Waals surface area contributed by atoms with Gasteiger partial charge >= 0.3 is 73.1 Å². The van der Waals surface area contributed by atoms with Gasteiger partial charge in [-0.3, -0.25) is 0 Å².